The molecule has 0 amide bonds. The maximum Gasteiger partial charge on any atom is 0.336 e. The minimum Gasteiger partial charge on any atom is -0.478 e. The van der Waals surface area contributed by atoms with E-state index in [1.54, 1.807) is 12.1 Å². The number of benzene rings is 1. The zero-order valence-corrected chi connectivity index (χ0v) is 7.51. The average Bonchev–Trinajstić information content (AvgIpc) is 2.16. The van der Waals surface area contributed by atoms with Gasteiger partial charge in [0.2, 0.25) is 6.04 Å². The molecule has 0 heterocycles. The monoisotopic (exact) mass is 195 g/mol. The highest BCUT2D eigenvalue weighted by molar-refractivity contribution is 5.89. The van der Waals surface area contributed by atoms with Crippen molar-refractivity contribution in [1.29, 1.82) is 0 Å². The molecule has 0 aliphatic heterocycles. The lowest BCUT2D eigenvalue weighted by Gasteiger charge is -2.06. The minimum atomic E-state index is -1.14. The summed E-state index contributed by atoms with van der Waals surface area (Å²) in [5, 5.41) is 19.3. The zero-order chi connectivity index (χ0) is 10.7. The number of hydrogen-bond donors (Lipinski definition) is 1. The van der Waals surface area contributed by atoms with Crippen molar-refractivity contribution in [3.63, 3.8) is 0 Å². The molecule has 0 aliphatic rings. The molecular weight excluding hydrogens is 186 g/mol. The predicted molar refractivity (Wildman–Crippen MR) is 48.8 cm³/mol. The first kappa shape index (κ1) is 10.2. The Morgan fingerprint density at radius 2 is 2.07 bits per heavy atom. The molecule has 0 bridgehead atoms. The van der Waals surface area contributed by atoms with Crippen molar-refractivity contribution in [2.45, 2.75) is 13.0 Å². The number of carboxylic acid groups (broad SMARTS) is 1. The third kappa shape index (κ3) is 1.87. The number of hydrogen-bond acceptors (Lipinski definition) is 3. The summed E-state index contributed by atoms with van der Waals surface area (Å²) in [6, 6.07) is 4.94. The molecule has 0 saturated heterocycles. The second kappa shape index (κ2) is 3.87. The fraction of sp³-hybridized carbons (Fsp3) is 0.222. The summed E-state index contributed by atoms with van der Waals surface area (Å²) < 4.78 is 0. The van der Waals surface area contributed by atoms with Crippen molar-refractivity contribution < 1.29 is 14.8 Å². The molecule has 1 unspecified atom stereocenters. The van der Waals surface area contributed by atoms with Gasteiger partial charge in [-0.2, -0.15) is 0 Å². The van der Waals surface area contributed by atoms with Crippen LogP contribution in [-0.4, -0.2) is 16.0 Å². The van der Waals surface area contributed by atoms with Crippen LogP contribution in [0.5, 0.6) is 0 Å². The van der Waals surface area contributed by atoms with Crippen molar-refractivity contribution in [3.8, 4) is 0 Å². The van der Waals surface area contributed by atoms with E-state index in [1.165, 1.54) is 19.1 Å². The van der Waals surface area contributed by atoms with Crippen LogP contribution in [0.25, 0.3) is 0 Å². The lowest BCUT2D eigenvalue weighted by Crippen LogP contribution is -2.11. The first-order valence-electron chi connectivity index (χ1n) is 3.99. The summed E-state index contributed by atoms with van der Waals surface area (Å²) in [7, 11) is 0. The van der Waals surface area contributed by atoms with Crippen LogP contribution in [0, 0.1) is 10.1 Å². The van der Waals surface area contributed by atoms with Gasteiger partial charge in [-0.15, -0.1) is 0 Å². The molecule has 14 heavy (non-hydrogen) atoms. The summed E-state index contributed by atoms with van der Waals surface area (Å²) in [5.74, 6) is -1.14. The minimum absolute atomic E-state index is 0.0169. The Kier molecular flexibility index (Phi) is 2.81. The standard InChI is InChI=1S/C9H9NO4/c1-6(10(13)14)7-4-2-3-5-8(7)9(11)12/h2-6H,1H3,(H,11,12). The number of nitrogens with zero attached hydrogens (tertiary/aromatic N) is 1. The van der Waals surface area contributed by atoms with Gasteiger partial charge in [-0.25, -0.2) is 4.79 Å². The van der Waals surface area contributed by atoms with E-state index in [2.05, 4.69) is 0 Å². The van der Waals surface area contributed by atoms with E-state index in [4.69, 9.17) is 5.11 Å². The summed E-state index contributed by atoms with van der Waals surface area (Å²) >= 11 is 0. The highest BCUT2D eigenvalue weighted by Gasteiger charge is 2.22. The molecule has 0 radical (unpaired) electrons. The van der Waals surface area contributed by atoms with E-state index in [0.717, 1.165) is 0 Å². The largest absolute Gasteiger partial charge is 0.478 e. The average molecular weight is 195 g/mol. The Balaban J connectivity index is 3.19. The maximum atomic E-state index is 10.7. The smallest absolute Gasteiger partial charge is 0.336 e. The lowest BCUT2D eigenvalue weighted by atomic mass is 10.0. The van der Waals surface area contributed by atoms with E-state index in [9.17, 15) is 14.9 Å². The van der Waals surface area contributed by atoms with Gasteiger partial charge in [-0.3, -0.25) is 10.1 Å². The molecule has 5 nitrogen and oxygen atoms in total. The normalized spacial score (nSPS) is 12.1. The van der Waals surface area contributed by atoms with Crippen LogP contribution < -0.4 is 0 Å². The second-order valence-corrected chi connectivity index (χ2v) is 2.85. The Labute approximate surface area is 80.1 Å². The number of nitro groups is 1. The van der Waals surface area contributed by atoms with Gasteiger partial charge >= 0.3 is 5.97 Å². The third-order valence-corrected chi connectivity index (χ3v) is 1.96. The fourth-order valence-electron chi connectivity index (χ4n) is 1.17. The molecule has 0 saturated carbocycles. The quantitative estimate of drug-likeness (QED) is 0.588. The van der Waals surface area contributed by atoms with E-state index in [0.29, 0.717) is 0 Å². The van der Waals surface area contributed by atoms with E-state index in [-0.39, 0.29) is 11.1 Å². The topological polar surface area (TPSA) is 80.4 Å². The molecule has 1 rings (SSSR count). The van der Waals surface area contributed by atoms with Crippen LogP contribution in [0.2, 0.25) is 0 Å². The number of rotatable bonds is 3. The van der Waals surface area contributed by atoms with Gasteiger partial charge in [0.25, 0.3) is 0 Å². The summed E-state index contributed by atoms with van der Waals surface area (Å²) in [6.07, 6.45) is 0. The van der Waals surface area contributed by atoms with Crippen LogP contribution in [0.1, 0.15) is 28.9 Å². The van der Waals surface area contributed by atoms with E-state index >= 15 is 0 Å². The molecule has 0 fully saturated rings. The molecule has 0 spiro atoms. The highest BCUT2D eigenvalue weighted by atomic mass is 16.6. The molecule has 5 heteroatoms. The predicted octanol–water partition coefficient (Wildman–Crippen LogP) is 1.72. The van der Waals surface area contributed by atoms with Crippen LogP contribution in [0.15, 0.2) is 24.3 Å². The van der Waals surface area contributed by atoms with Gasteiger partial charge in [0.1, 0.15) is 0 Å². The lowest BCUT2D eigenvalue weighted by molar-refractivity contribution is -0.524. The summed E-state index contributed by atoms with van der Waals surface area (Å²) in [6.45, 7) is 1.36. The van der Waals surface area contributed by atoms with Crippen molar-refractivity contribution in [2.75, 3.05) is 0 Å². The van der Waals surface area contributed by atoms with Gasteiger partial charge in [-0.05, 0) is 6.07 Å². The Hall–Kier alpha value is -1.91. The number of aromatic carboxylic acids is 1. The zero-order valence-electron chi connectivity index (χ0n) is 7.51. The van der Waals surface area contributed by atoms with E-state index < -0.39 is 16.9 Å². The summed E-state index contributed by atoms with van der Waals surface area (Å²) in [4.78, 5) is 20.7. The molecular formula is C9H9NO4. The van der Waals surface area contributed by atoms with Gasteiger partial charge in [-0.1, -0.05) is 18.2 Å². The second-order valence-electron chi connectivity index (χ2n) is 2.85. The van der Waals surface area contributed by atoms with Crippen LogP contribution >= 0.6 is 0 Å². The maximum absolute atomic E-state index is 10.7. The van der Waals surface area contributed by atoms with Crippen molar-refractivity contribution in [1.82, 2.24) is 0 Å². The van der Waals surface area contributed by atoms with Gasteiger partial charge < -0.3 is 5.11 Å². The molecule has 0 aromatic heterocycles. The van der Waals surface area contributed by atoms with Crippen LogP contribution in [-0.2, 0) is 0 Å². The molecule has 1 N–H and O–H groups in total. The van der Waals surface area contributed by atoms with E-state index in [1.807, 2.05) is 0 Å². The van der Waals surface area contributed by atoms with Gasteiger partial charge in [0.15, 0.2) is 0 Å². The first-order chi connectivity index (χ1) is 6.54. The Bertz CT molecular complexity index is 375. The van der Waals surface area contributed by atoms with Crippen LogP contribution in [0.4, 0.5) is 0 Å². The van der Waals surface area contributed by atoms with Crippen molar-refractivity contribution in [2.24, 2.45) is 0 Å². The Morgan fingerprint density at radius 3 is 2.57 bits per heavy atom. The Morgan fingerprint density at radius 1 is 1.50 bits per heavy atom. The van der Waals surface area contributed by atoms with Crippen molar-refractivity contribution in [3.05, 3.63) is 45.5 Å². The SMILES string of the molecule is CC(c1ccccc1C(=O)O)[N+](=O)[O-]. The molecule has 1 aromatic carbocycles. The van der Waals surface area contributed by atoms with Crippen LogP contribution in [0.3, 0.4) is 0 Å². The van der Waals surface area contributed by atoms with Gasteiger partial charge in [0.05, 0.1) is 5.56 Å². The molecule has 0 aliphatic carbocycles. The highest BCUT2D eigenvalue weighted by Crippen LogP contribution is 2.19. The van der Waals surface area contributed by atoms with Gasteiger partial charge in [0, 0.05) is 17.4 Å². The third-order valence-electron chi connectivity index (χ3n) is 1.96. The molecule has 1 aromatic rings. The molecule has 1 atom stereocenters. The fourth-order valence-corrected chi connectivity index (χ4v) is 1.17. The van der Waals surface area contributed by atoms with Crippen molar-refractivity contribution >= 4 is 5.97 Å². The first-order valence-corrected chi connectivity index (χ1v) is 3.99. The summed E-state index contributed by atoms with van der Waals surface area (Å²) in [5.41, 5.74) is 0.210. The number of carbonyl (C=O) groups is 1. The molecule has 74 valence electrons. The number of carboxylic acids is 1.